The SMILES string of the molecule is CC(=O)CNC(=O)c1ccc(CC(N)C(=O)O)cc1. The number of carbonyl (C=O) groups excluding carboxylic acids is 2. The molecule has 0 saturated carbocycles. The molecule has 1 amide bonds. The van der Waals surface area contributed by atoms with Gasteiger partial charge < -0.3 is 16.2 Å². The van der Waals surface area contributed by atoms with Crippen LogP contribution >= 0.6 is 0 Å². The minimum Gasteiger partial charge on any atom is -0.480 e. The number of carbonyl (C=O) groups is 3. The molecule has 0 aliphatic carbocycles. The van der Waals surface area contributed by atoms with Gasteiger partial charge in [0.1, 0.15) is 11.8 Å². The van der Waals surface area contributed by atoms with E-state index in [1.54, 1.807) is 24.3 Å². The third-order valence-corrected chi connectivity index (χ3v) is 2.49. The van der Waals surface area contributed by atoms with Crippen molar-refractivity contribution in [2.45, 2.75) is 19.4 Å². The fraction of sp³-hybridized carbons (Fsp3) is 0.308. The maximum absolute atomic E-state index is 11.6. The molecule has 102 valence electrons. The van der Waals surface area contributed by atoms with Crippen LogP contribution in [0.15, 0.2) is 24.3 Å². The zero-order valence-corrected chi connectivity index (χ0v) is 10.6. The molecule has 0 heterocycles. The number of nitrogens with two attached hydrogens (primary N) is 1. The van der Waals surface area contributed by atoms with Crippen LogP contribution in [0.4, 0.5) is 0 Å². The van der Waals surface area contributed by atoms with Gasteiger partial charge in [0.05, 0.1) is 6.54 Å². The van der Waals surface area contributed by atoms with Crippen LogP contribution in [0.25, 0.3) is 0 Å². The number of ketones is 1. The lowest BCUT2D eigenvalue weighted by molar-refractivity contribution is -0.138. The van der Waals surface area contributed by atoms with Crippen LogP contribution in [-0.2, 0) is 16.0 Å². The number of aliphatic carboxylic acids is 1. The van der Waals surface area contributed by atoms with Gasteiger partial charge >= 0.3 is 5.97 Å². The molecule has 1 rings (SSSR count). The largest absolute Gasteiger partial charge is 0.480 e. The first kappa shape index (κ1) is 14.8. The number of Topliss-reactive ketones (excluding diaryl/α,β-unsaturated/α-hetero) is 1. The molecule has 0 radical (unpaired) electrons. The molecule has 1 unspecified atom stereocenters. The molecule has 1 atom stereocenters. The van der Waals surface area contributed by atoms with Gasteiger partial charge in [-0.15, -0.1) is 0 Å². The Morgan fingerprint density at radius 3 is 2.32 bits per heavy atom. The number of nitrogens with one attached hydrogen (secondary N) is 1. The Morgan fingerprint density at radius 2 is 1.84 bits per heavy atom. The maximum atomic E-state index is 11.6. The predicted octanol–water partition coefficient (Wildman–Crippen LogP) is -0.0402. The Hall–Kier alpha value is -2.21. The van der Waals surface area contributed by atoms with Gasteiger partial charge in [0.15, 0.2) is 0 Å². The third-order valence-electron chi connectivity index (χ3n) is 2.49. The minimum absolute atomic E-state index is 0.00945. The Kier molecular flexibility index (Phi) is 5.20. The number of amides is 1. The highest BCUT2D eigenvalue weighted by molar-refractivity contribution is 5.96. The standard InChI is InChI=1S/C13H16N2O4/c1-8(16)7-15-12(17)10-4-2-9(3-5-10)6-11(14)13(18)19/h2-5,11H,6-7,14H2,1H3,(H,15,17)(H,18,19). The number of carboxylic acid groups (broad SMARTS) is 1. The summed E-state index contributed by atoms with van der Waals surface area (Å²) in [6, 6.07) is 5.47. The van der Waals surface area contributed by atoms with Crippen LogP contribution in [-0.4, -0.2) is 35.4 Å². The van der Waals surface area contributed by atoms with Crippen molar-refractivity contribution in [2.24, 2.45) is 5.73 Å². The van der Waals surface area contributed by atoms with Crippen molar-refractivity contribution < 1.29 is 19.5 Å². The fourth-order valence-electron chi connectivity index (χ4n) is 1.44. The van der Waals surface area contributed by atoms with E-state index in [0.29, 0.717) is 5.56 Å². The van der Waals surface area contributed by atoms with Gasteiger partial charge in [0.25, 0.3) is 5.91 Å². The second-order valence-corrected chi connectivity index (χ2v) is 4.23. The molecule has 6 nitrogen and oxygen atoms in total. The number of hydrogen-bond acceptors (Lipinski definition) is 4. The van der Waals surface area contributed by atoms with Crippen LogP contribution < -0.4 is 11.1 Å². The molecule has 0 bridgehead atoms. The summed E-state index contributed by atoms with van der Waals surface area (Å²) in [6.45, 7) is 1.38. The van der Waals surface area contributed by atoms with Crippen LogP contribution in [0, 0.1) is 0 Å². The van der Waals surface area contributed by atoms with Crippen molar-refractivity contribution >= 4 is 17.7 Å². The van der Waals surface area contributed by atoms with E-state index in [2.05, 4.69) is 5.32 Å². The van der Waals surface area contributed by atoms with Gasteiger partial charge in [-0.2, -0.15) is 0 Å². The number of rotatable bonds is 6. The van der Waals surface area contributed by atoms with Gasteiger partial charge in [-0.3, -0.25) is 14.4 Å². The quantitative estimate of drug-likeness (QED) is 0.668. The summed E-state index contributed by atoms with van der Waals surface area (Å²) in [6.07, 6.45) is 0.199. The average Bonchev–Trinajstić information content (AvgIpc) is 2.36. The van der Waals surface area contributed by atoms with Crippen molar-refractivity contribution in [2.75, 3.05) is 6.54 Å². The molecule has 19 heavy (non-hydrogen) atoms. The number of hydrogen-bond donors (Lipinski definition) is 3. The fourth-order valence-corrected chi connectivity index (χ4v) is 1.44. The van der Waals surface area contributed by atoms with Crippen LogP contribution in [0.3, 0.4) is 0 Å². The molecule has 6 heteroatoms. The van der Waals surface area contributed by atoms with Crippen molar-refractivity contribution in [1.29, 1.82) is 0 Å². The summed E-state index contributed by atoms with van der Waals surface area (Å²) in [5, 5.41) is 11.2. The average molecular weight is 264 g/mol. The van der Waals surface area contributed by atoms with E-state index in [9.17, 15) is 14.4 Å². The van der Waals surface area contributed by atoms with E-state index in [-0.39, 0.29) is 24.7 Å². The highest BCUT2D eigenvalue weighted by Gasteiger charge is 2.12. The molecule has 0 aliphatic heterocycles. The summed E-state index contributed by atoms with van der Waals surface area (Å²) in [5.74, 6) is -1.54. The Bertz CT molecular complexity index is 482. The van der Waals surface area contributed by atoms with E-state index < -0.39 is 12.0 Å². The van der Waals surface area contributed by atoms with E-state index in [1.165, 1.54) is 6.92 Å². The molecule has 0 aromatic heterocycles. The highest BCUT2D eigenvalue weighted by atomic mass is 16.4. The third kappa shape index (κ3) is 4.89. The molecule has 1 aromatic rings. The maximum Gasteiger partial charge on any atom is 0.320 e. The lowest BCUT2D eigenvalue weighted by Crippen LogP contribution is -2.32. The van der Waals surface area contributed by atoms with Gasteiger partial charge in [0, 0.05) is 5.56 Å². The second kappa shape index (κ2) is 6.65. The van der Waals surface area contributed by atoms with Crippen LogP contribution in [0.1, 0.15) is 22.8 Å². The summed E-state index contributed by atoms with van der Waals surface area (Å²) in [4.78, 5) is 33.0. The summed E-state index contributed by atoms with van der Waals surface area (Å²) >= 11 is 0. The lowest BCUT2D eigenvalue weighted by Gasteiger charge is -2.07. The Morgan fingerprint density at radius 1 is 1.26 bits per heavy atom. The van der Waals surface area contributed by atoms with Gasteiger partial charge in [-0.1, -0.05) is 12.1 Å². The normalized spacial score (nSPS) is 11.7. The molecule has 0 spiro atoms. The zero-order valence-electron chi connectivity index (χ0n) is 10.6. The zero-order chi connectivity index (χ0) is 14.4. The van der Waals surface area contributed by atoms with Crippen molar-refractivity contribution in [3.63, 3.8) is 0 Å². The lowest BCUT2D eigenvalue weighted by atomic mass is 10.0. The van der Waals surface area contributed by atoms with Crippen molar-refractivity contribution in [3.05, 3.63) is 35.4 Å². The topological polar surface area (TPSA) is 109 Å². The summed E-state index contributed by atoms with van der Waals surface area (Å²) < 4.78 is 0. The van der Waals surface area contributed by atoms with Crippen LogP contribution in [0.5, 0.6) is 0 Å². The second-order valence-electron chi connectivity index (χ2n) is 4.23. The minimum atomic E-state index is -1.07. The molecular formula is C13H16N2O4. The van der Waals surface area contributed by atoms with Crippen molar-refractivity contribution in [3.8, 4) is 0 Å². The van der Waals surface area contributed by atoms with Crippen LogP contribution in [0.2, 0.25) is 0 Å². The van der Waals surface area contributed by atoms with Crippen molar-refractivity contribution in [1.82, 2.24) is 5.32 Å². The van der Waals surface area contributed by atoms with Gasteiger partial charge in [-0.05, 0) is 31.0 Å². The summed E-state index contributed by atoms with van der Waals surface area (Å²) in [5.41, 5.74) is 6.56. The van der Waals surface area contributed by atoms with E-state index >= 15 is 0 Å². The molecule has 0 fully saturated rings. The van der Waals surface area contributed by atoms with Gasteiger partial charge in [0.2, 0.25) is 0 Å². The highest BCUT2D eigenvalue weighted by Crippen LogP contribution is 2.06. The van der Waals surface area contributed by atoms with E-state index in [4.69, 9.17) is 10.8 Å². The first-order valence-electron chi connectivity index (χ1n) is 5.75. The molecule has 1 aromatic carbocycles. The predicted molar refractivity (Wildman–Crippen MR) is 68.8 cm³/mol. The number of carboxylic acids is 1. The Labute approximate surface area is 110 Å². The molecule has 0 saturated heterocycles. The van der Waals surface area contributed by atoms with E-state index in [0.717, 1.165) is 5.56 Å². The molecule has 4 N–H and O–H groups in total. The van der Waals surface area contributed by atoms with Gasteiger partial charge in [-0.25, -0.2) is 0 Å². The molecular weight excluding hydrogens is 248 g/mol. The first-order valence-corrected chi connectivity index (χ1v) is 5.75. The monoisotopic (exact) mass is 264 g/mol. The Balaban J connectivity index is 2.63. The molecule has 0 aliphatic rings. The van der Waals surface area contributed by atoms with E-state index in [1.807, 2.05) is 0 Å². The summed E-state index contributed by atoms with van der Waals surface area (Å²) in [7, 11) is 0. The first-order chi connectivity index (χ1) is 8.90. The number of benzene rings is 1. The smallest absolute Gasteiger partial charge is 0.320 e.